The zero-order chi connectivity index (χ0) is 18.4. The van der Waals surface area contributed by atoms with Gasteiger partial charge in [0.25, 0.3) is 0 Å². The average molecular weight is 354 g/mol. The zero-order valence-corrected chi connectivity index (χ0v) is 15.9. The van der Waals surface area contributed by atoms with E-state index in [1.807, 2.05) is 12.3 Å². The highest BCUT2D eigenvalue weighted by atomic mass is 16.3. The number of aliphatic hydroxyl groups excluding tert-OH is 1. The zero-order valence-electron chi connectivity index (χ0n) is 15.9. The first-order valence-electron chi connectivity index (χ1n) is 9.45. The number of hydrogen-bond donors (Lipinski definition) is 2. The lowest BCUT2D eigenvalue weighted by molar-refractivity contribution is 0.0637. The van der Waals surface area contributed by atoms with Gasteiger partial charge in [0.2, 0.25) is 0 Å². The second kappa shape index (κ2) is 9.12. The molecule has 2 aromatic rings. The van der Waals surface area contributed by atoms with Crippen molar-refractivity contribution in [3.05, 3.63) is 53.7 Å². The van der Waals surface area contributed by atoms with Gasteiger partial charge in [-0.1, -0.05) is 42.0 Å². The molecule has 2 heterocycles. The molecular weight excluding hydrogens is 324 g/mol. The predicted molar refractivity (Wildman–Crippen MR) is 106 cm³/mol. The first kappa shape index (κ1) is 18.8. The van der Waals surface area contributed by atoms with E-state index in [1.165, 1.54) is 16.7 Å². The Morgan fingerprint density at radius 2 is 2.08 bits per heavy atom. The number of nitrogens with one attached hydrogen (secondary N) is 1. The fraction of sp³-hybridized carbons (Fsp3) is 0.476. The standard InChI is InChI=1S/C21H30N4O/c1-17(2)8-10-25-12-11-24(16-20(25)9-13-26)15-19-14-22-23-21(19)18-6-4-3-5-7-18/h3-8,14,20,26H,9-13,15-16H2,1-2H3,(H,22,23). The van der Waals surface area contributed by atoms with Crippen LogP contribution in [-0.4, -0.2) is 63.9 Å². The summed E-state index contributed by atoms with van der Waals surface area (Å²) in [5.74, 6) is 0. The Hall–Kier alpha value is -1.95. The van der Waals surface area contributed by atoms with Crippen LogP contribution in [0.5, 0.6) is 0 Å². The molecular formula is C21H30N4O. The molecule has 1 aliphatic rings. The van der Waals surface area contributed by atoms with Crippen molar-refractivity contribution >= 4 is 0 Å². The van der Waals surface area contributed by atoms with Crippen LogP contribution in [0.2, 0.25) is 0 Å². The van der Waals surface area contributed by atoms with E-state index in [-0.39, 0.29) is 6.61 Å². The smallest absolute Gasteiger partial charge is 0.0695 e. The maximum Gasteiger partial charge on any atom is 0.0695 e. The molecule has 1 aromatic carbocycles. The fourth-order valence-electron chi connectivity index (χ4n) is 3.59. The third kappa shape index (κ3) is 4.81. The van der Waals surface area contributed by atoms with Crippen LogP contribution >= 0.6 is 0 Å². The van der Waals surface area contributed by atoms with Gasteiger partial charge in [-0.25, -0.2) is 0 Å². The number of benzene rings is 1. The lowest BCUT2D eigenvalue weighted by atomic mass is 10.1. The minimum atomic E-state index is 0.241. The summed E-state index contributed by atoms with van der Waals surface area (Å²) < 4.78 is 0. The number of rotatable bonds is 7. The molecule has 1 unspecified atom stereocenters. The predicted octanol–water partition coefficient (Wildman–Crippen LogP) is 2.91. The lowest BCUT2D eigenvalue weighted by Gasteiger charge is -2.41. The van der Waals surface area contributed by atoms with Crippen LogP contribution in [0.3, 0.4) is 0 Å². The molecule has 0 spiro atoms. The van der Waals surface area contributed by atoms with Crippen LogP contribution in [0, 0.1) is 0 Å². The molecule has 0 radical (unpaired) electrons. The summed E-state index contributed by atoms with van der Waals surface area (Å²) >= 11 is 0. The number of H-pyrrole nitrogens is 1. The van der Waals surface area contributed by atoms with Gasteiger partial charge in [-0.3, -0.25) is 14.9 Å². The van der Waals surface area contributed by atoms with Crippen LogP contribution < -0.4 is 0 Å². The Labute approximate surface area is 156 Å². The van der Waals surface area contributed by atoms with Crippen molar-refractivity contribution in [2.24, 2.45) is 0 Å². The van der Waals surface area contributed by atoms with Gasteiger partial charge >= 0.3 is 0 Å². The first-order chi connectivity index (χ1) is 12.7. The maximum atomic E-state index is 9.47. The summed E-state index contributed by atoms with van der Waals surface area (Å²) in [5.41, 5.74) is 4.86. The minimum Gasteiger partial charge on any atom is -0.396 e. The van der Waals surface area contributed by atoms with Crippen molar-refractivity contribution < 1.29 is 5.11 Å². The lowest BCUT2D eigenvalue weighted by Crippen LogP contribution is -2.53. The summed E-state index contributed by atoms with van der Waals surface area (Å²) in [6.07, 6.45) is 5.05. The maximum absolute atomic E-state index is 9.47. The van der Waals surface area contributed by atoms with E-state index < -0.39 is 0 Å². The van der Waals surface area contributed by atoms with Crippen LogP contribution in [0.4, 0.5) is 0 Å². The van der Waals surface area contributed by atoms with E-state index in [4.69, 9.17) is 0 Å². The summed E-state index contributed by atoms with van der Waals surface area (Å²) in [5, 5.41) is 16.9. The van der Waals surface area contributed by atoms with Gasteiger partial charge in [0.1, 0.15) is 0 Å². The molecule has 1 saturated heterocycles. The SMILES string of the molecule is CC(C)=CCN1CCN(Cc2cn[nH]c2-c2ccccc2)CC1CCO. The fourth-order valence-corrected chi connectivity index (χ4v) is 3.59. The largest absolute Gasteiger partial charge is 0.396 e. The molecule has 5 nitrogen and oxygen atoms in total. The molecule has 2 N–H and O–H groups in total. The van der Waals surface area contributed by atoms with E-state index in [1.54, 1.807) is 0 Å². The first-order valence-corrected chi connectivity index (χ1v) is 9.45. The van der Waals surface area contributed by atoms with E-state index in [2.05, 4.69) is 64.2 Å². The van der Waals surface area contributed by atoms with E-state index in [0.29, 0.717) is 6.04 Å². The third-order valence-electron chi connectivity index (χ3n) is 5.06. The molecule has 1 aromatic heterocycles. The topological polar surface area (TPSA) is 55.4 Å². The Morgan fingerprint density at radius 1 is 1.27 bits per heavy atom. The highest BCUT2D eigenvalue weighted by Crippen LogP contribution is 2.23. The number of aromatic amines is 1. The Morgan fingerprint density at radius 3 is 2.81 bits per heavy atom. The van der Waals surface area contributed by atoms with Gasteiger partial charge in [0.05, 0.1) is 11.9 Å². The second-order valence-electron chi connectivity index (χ2n) is 7.31. The molecule has 5 heteroatoms. The monoisotopic (exact) mass is 354 g/mol. The molecule has 0 saturated carbocycles. The van der Waals surface area contributed by atoms with Gasteiger partial charge in [0.15, 0.2) is 0 Å². The number of aromatic nitrogens is 2. The van der Waals surface area contributed by atoms with E-state index in [0.717, 1.165) is 44.8 Å². The van der Waals surface area contributed by atoms with Crippen molar-refractivity contribution in [1.82, 2.24) is 20.0 Å². The van der Waals surface area contributed by atoms with Gasteiger partial charge in [0, 0.05) is 50.9 Å². The Kier molecular flexibility index (Phi) is 6.61. The molecule has 0 amide bonds. The van der Waals surface area contributed by atoms with Crippen molar-refractivity contribution in [3.8, 4) is 11.3 Å². The number of hydrogen-bond acceptors (Lipinski definition) is 4. The molecule has 1 aliphatic heterocycles. The van der Waals surface area contributed by atoms with Crippen LogP contribution in [0.15, 0.2) is 48.2 Å². The highest BCUT2D eigenvalue weighted by Gasteiger charge is 2.26. The molecule has 3 rings (SSSR count). The van der Waals surface area contributed by atoms with Gasteiger partial charge in [-0.15, -0.1) is 0 Å². The molecule has 0 aliphatic carbocycles. The highest BCUT2D eigenvalue weighted by molar-refractivity contribution is 5.62. The molecule has 1 fully saturated rings. The Bertz CT molecular complexity index is 706. The summed E-state index contributed by atoms with van der Waals surface area (Å²) in [4.78, 5) is 4.98. The molecule has 0 bridgehead atoms. The average Bonchev–Trinajstić information content (AvgIpc) is 3.10. The quantitative estimate of drug-likeness (QED) is 0.751. The second-order valence-corrected chi connectivity index (χ2v) is 7.31. The molecule has 1 atom stereocenters. The number of aliphatic hydroxyl groups is 1. The van der Waals surface area contributed by atoms with Crippen molar-refractivity contribution in [2.45, 2.75) is 32.9 Å². The Balaban J connectivity index is 1.67. The van der Waals surface area contributed by atoms with Crippen molar-refractivity contribution in [2.75, 3.05) is 32.8 Å². The van der Waals surface area contributed by atoms with Crippen LogP contribution in [-0.2, 0) is 6.54 Å². The molecule has 26 heavy (non-hydrogen) atoms. The molecule has 140 valence electrons. The minimum absolute atomic E-state index is 0.241. The number of piperazine rings is 1. The van der Waals surface area contributed by atoms with Crippen molar-refractivity contribution in [3.63, 3.8) is 0 Å². The van der Waals surface area contributed by atoms with E-state index in [9.17, 15) is 5.11 Å². The third-order valence-corrected chi connectivity index (χ3v) is 5.06. The van der Waals surface area contributed by atoms with Gasteiger partial charge in [-0.05, 0) is 25.8 Å². The number of allylic oxidation sites excluding steroid dienone is 1. The summed E-state index contributed by atoms with van der Waals surface area (Å²) in [6, 6.07) is 10.8. The van der Waals surface area contributed by atoms with Gasteiger partial charge < -0.3 is 5.11 Å². The van der Waals surface area contributed by atoms with E-state index >= 15 is 0 Å². The van der Waals surface area contributed by atoms with Crippen LogP contribution in [0.25, 0.3) is 11.3 Å². The summed E-state index contributed by atoms with van der Waals surface area (Å²) in [7, 11) is 0. The summed E-state index contributed by atoms with van der Waals surface area (Å²) in [6.45, 7) is 9.44. The normalized spacial score (nSPS) is 18.8. The number of nitrogens with zero attached hydrogens (tertiary/aromatic N) is 3. The van der Waals surface area contributed by atoms with Crippen molar-refractivity contribution in [1.29, 1.82) is 0 Å². The van der Waals surface area contributed by atoms with Crippen LogP contribution in [0.1, 0.15) is 25.8 Å². The van der Waals surface area contributed by atoms with Gasteiger partial charge in [-0.2, -0.15) is 5.10 Å².